The van der Waals surface area contributed by atoms with Crippen LogP contribution in [0, 0.1) is 0 Å². The van der Waals surface area contributed by atoms with Crippen LogP contribution in [0.15, 0.2) is 36.7 Å². The molecule has 1 fully saturated rings. The van der Waals surface area contributed by atoms with Gasteiger partial charge in [0.2, 0.25) is 0 Å². The Labute approximate surface area is 168 Å². The molecule has 3 aromatic heterocycles. The van der Waals surface area contributed by atoms with Gasteiger partial charge in [0.15, 0.2) is 0 Å². The maximum atomic E-state index is 12.7. The van der Waals surface area contributed by atoms with Crippen molar-refractivity contribution in [1.29, 1.82) is 0 Å². The third-order valence-corrected chi connectivity index (χ3v) is 6.07. The van der Waals surface area contributed by atoms with Crippen molar-refractivity contribution >= 4 is 11.0 Å². The Bertz CT molecular complexity index is 1010. The summed E-state index contributed by atoms with van der Waals surface area (Å²) in [6.07, 6.45) is 2.90. The summed E-state index contributed by atoms with van der Waals surface area (Å²) in [6.45, 7) is 2.83. The number of hydrogen-bond donors (Lipinski definition) is 0. The van der Waals surface area contributed by atoms with Crippen molar-refractivity contribution in [1.82, 2.24) is 19.4 Å². The van der Waals surface area contributed by atoms with Crippen molar-refractivity contribution in [2.45, 2.75) is 58.4 Å². The Balaban J connectivity index is 0.00000205. The zero-order valence-electron chi connectivity index (χ0n) is 15.4. The molecular formula is C22H25F3N4. The van der Waals surface area contributed by atoms with Crippen LogP contribution in [-0.2, 0) is 32.1 Å². The average molecular weight is 402 g/mol. The van der Waals surface area contributed by atoms with Crippen LogP contribution in [0.3, 0.4) is 0 Å². The van der Waals surface area contributed by atoms with Gasteiger partial charge in [-0.2, -0.15) is 13.2 Å². The molecule has 0 spiro atoms. The lowest BCUT2D eigenvalue weighted by Gasteiger charge is -2.30. The molecule has 2 aliphatic rings. The maximum Gasteiger partial charge on any atom is 0.433 e. The fourth-order valence-electron chi connectivity index (χ4n) is 4.69. The Morgan fingerprint density at radius 3 is 2.76 bits per heavy atom. The molecule has 3 aromatic rings. The zero-order valence-corrected chi connectivity index (χ0v) is 15.4. The summed E-state index contributed by atoms with van der Waals surface area (Å²) in [5.74, 6) is 0. The van der Waals surface area contributed by atoms with Gasteiger partial charge < -0.3 is 4.57 Å². The first-order chi connectivity index (χ1) is 13.5. The molecule has 1 atom stereocenters. The van der Waals surface area contributed by atoms with Gasteiger partial charge in [0.25, 0.3) is 0 Å². The van der Waals surface area contributed by atoms with Crippen LogP contribution < -0.4 is 0 Å². The number of fused-ring (bicyclic) bond motifs is 4. The normalized spacial score (nSPS) is 19.1. The Hall–Kier alpha value is -2.41. The van der Waals surface area contributed by atoms with Crippen molar-refractivity contribution in [3.05, 3.63) is 59.2 Å². The topological polar surface area (TPSA) is 34.0 Å². The highest BCUT2D eigenvalue weighted by molar-refractivity contribution is 5.82. The highest BCUT2D eigenvalue weighted by Gasteiger charge is 2.34. The quantitative estimate of drug-likeness (QED) is 0.628. The first-order valence-electron chi connectivity index (χ1n) is 9.72. The molecule has 1 saturated heterocycles. The molecule has 0 bridgehead atoms. The van der Waals surface area contributed by atoms with E-state index in [1.807, 2.05) is 12.3 Å². The molecule has 5 rings (SSSR count). The van der Waals surface area contributed by atoms with Gasteiger partial charge in [0.05, 0.1) is 0 Å². The van der Waals surface area contributed by atoms with Crippen molar-refractivity contribution in [3.63, 3.8) is 0 Å². The summed E-state index contributed by atoms with van der Waals surface area (Å²) in [5, 5.41) is 1.20. The largest absolute Gasteiger partial charge is 0.433 e. The molecule has 5 heterocycles. The van der Waals surface area contributed by atoms with Crippen molar-refractivity contribution in [2.75, 3.05) is 6.54 Å². The van der Waals surface area contributed by atoms with Gasteiger partial charge in [-0.1, -0.05) is 13.5 Å². The lowest BCUT2D eigenvalue weighted by molar-refractivity contribution is -0.141. The molecule has 29 heavy (non-hydrogen) atoms. The zero-order chi connectivity index (χ0) is 19.3. The third kappa shape index (κ3) is 3.52. The van der Waals surface area contributed by atoms with Gasteiger partial charge in [-0.05, 0) is 55.1 Å². The molecule has 1 unspecified atom stereocenters. The first-order valence-corrected chi connectivity index (χ1v) is 9.72. The van der Waals surface area contributed by atoms with E-state index >= 15 is 0 Å². The SMILES string of the molecule is C.FC(F)(F)c1ccc(CCn2c3c(c4cccnc42)CN2CCCC2C3)cn1. The number of halogens is 3. The van der Waals surface area contributed by atoms with Crippen LogP contribution in [0.2, 0.25) is 0 Å². The minimum atomic E-state index is -4.40. The predicted molar refractivity (Wildman–Crippen MR) is 107 cm³/mol. The van der Waals surface area contributed by atoms with E-state index in [-0.39, 0.29) is 7.43 Å². The molecule has 7 heteroatoms. The second kappa shape index (κ2) is 7.44. The minimum absolute atomic E-state index is 0. The highest BCUT2D eigenvalue weighted by Crippen LogP contribution is 2.36. The van der Waals surface area contributed by atoms with Crippen LogP contribution in [0.1, 0.15) is 42.8 Å². The molecule has 2 aliphatic heterocycles. The molecule has 0 N–H and O–H groups in total. The van der Waals surface area contributed by atoms with E-state index < -0.39 is 11.9 Å². The molecule has 0 radical (unpaired) electrons. The summed E-state index contributed by atoms with van der Waals surface area (Å²) < 4.78 is 40.4. The van der Waals surface area contributed by atoms with Crippen LogP contribution in [0.25, 0.3) is 11.0 Å². The summed E-state index contributed by atoms with van der Waals surface area (Å²) in [5.41, 5.74) is 3.65. The maximum absolute atomic E-state index is 12.7. The fourth-order valence-corrected chi connectivity index (χ4v) is 4.69. The number of nitrogens with zero attached hydrogens (tertiary/aromatic N) is 4. The van der Waals surface area contributed by atoms with Gasteiger partial charge in [0, 0.05) is 49.0 Å². The fraction of sp³-hybridized carbons (Fsp3) is 0.455. The standard InChI is InChI=1S/C21H21F3N4.CH4/c22-21(23,24)19-6-5-14(12-26-19)7-10-28-18-11-15-3-2-9-27(15)13-17(18)16-4-1-8-25-20(16)28;/h1,4-6,8,12,15H,2-3,7,9-11,13H2;1H4. The van der Waals surface area contributed by atoms with E-state index in [1.54, 1.807) is 0 Å². The lowest BCUT2D eigenvalue weighted by atomic mass is 9.99. The van der Waals surface area contributed by atoms with Gasteiger partial charge in [-0.15, -0.1) is 0 Å². The monoisotopic (exact) mass is 402 g/mol. The number of alkyl halides is 3. The van der Waals surface area contributed by atoms with Crippen LogP contribution >= 0.6 is 0 Å². The van der Waals surface area contributed by atoms with Crippen molar-refractivity contribution in [2.24, 2.45) is 0 Å². The summed E-state index contributed by atoms with van der Waals surface area (Å²) in [6, 6.07) is 7.30. The first kappa shape index (κ1) is 19.9. The number of aromatic nitrogens is 3. The second-order valence-corrected chi connectivity index (χ2v) is 7.72. The van der Waals surface area contributed by atoms with E-state index in [9.17, 15) is 13.2 Å². The van der Waals surface area contributed by atoms with Crippen LogP contribution in [-0.4, -0.2) is 32.0 Å². The van der Waals surface area contributed by atoms with E-state index in [2.05, 4.69) is 25.5 Å². The number of pyridine rings is 2. The molecule has 4 nitrogen and oxygen atoms in total. The van der Waals surface area contributed by atoms with Crippen molar-refractivity contribution in [3.8, 4) is 0 Å². The molecule has 0 saturated carbocycles. The Morgan fingerprint density at radius 1 is 1.14 bits per heavy atom. The number of rotatable bonds is 3. The Kier molecular flexibility index (Phi) is 5.11. The number of aryl methyl sites for hydroxylation is 2. The van der Waals surface area contributed by atoms with E-state index in [4.69, 9.17) is 0 Å². The van der Waals surface area contributed by atoms with E-state index in [0.717, 1.165) is 36.8 Å². The van der Waals surface area contributed by atoms with Crippen LogP contribution in [0.4, 0.5) is 13.2 Å². The lowest BCUT2D eigenvalue weighted by Crippen LogP contribution is -2.35. The molecular weight excluding hydrogens is 377 g/mol. The molecule has 154 valence electrons. The third-order valence-electron chi connectivity index (χ3n) is 6.07. The van der Waals surface area contributed by atoms with Gasteiger partial charge in [0.1, 0.15) is 11.3 Å². The van der Waals surface area contributed by atoms with Crippen LogP contribution in [0.5, 0.6) is 0 Å². The van der Waals surface area contributed by atoms with Gasteiger partial charge >= 0.3 is 6.18 Å². The van der Waals surface area contributed by atoms with Gasteiger partial charge in [-0.25, -0.2) is 4.98 Å². The Morgan fingerprint density at radius 2 is 2.00 bits per heavy atom. The van der Waals surface area contributed by atoms with E-state index in [1.165, 1.54) is 41.7 Å². The van der Waals surface area contributed by atoms with Gasteiger partial charge in [-0.3, -0.25) is 9.88 Å². The highest BCUT2D eigenvalue weighted by atomic mass is 19.4. The second-order valence-electron chi connectivity index (χ2n) is 7.72. The molecule has 0 aromatic carbocycles. The average Bonchev–Trinajstić information content (AvgIpc) is 3.26. The van der Waals surface area contributed by atoms with Crippen molar-refractivity contribution < 1.29 is 13.2 Å². The molecule has 0 aliphatic carbocycles. The predicted octanol–water partition coefficient (Wildman–Crippen LogP) is 4.85. The summed E-state index contributed by atoms with van der Waals surface area (Å²) in [7, 11) is 0. The van der Waals surface area contributed by atoms with E-state index in [0.29, 0.717) is 19.0 Å². The number of hydrogen-bond acceptors (Lipinski definition) is 3. The summed E-state index contributed by atoms with van der Waals surface area (Å²) in [4.78, 5) is 10.8. The smallest absolute Gasteiger partial charge is 0.329 e. The minimum Gasteiger partial charge on any atom is -0.329 e. The molecule has 0 amide bonds. The summed E-state index contributed by atoms with van der Waals surface area (Å²) >= 11 is 0.